The van der Waals surface area contributed by atoms with E-state index < -0.39 is 0 Å². The van der Waals surface area contributed by atoms with Gasteiger partial charge in [0.05, 0.1) is 0 Å². The van der Waals surface area contributed by atoms with E-state index in [9.17, 15) is 0 Å². The lowest BCUT2D eigenvalue weighted by molar-refractivity contribution is 0.382. The molecule has 96 valence electrons. The summed E-state index contributed by atoms with van der Waals surface area (Å²) in [6, 6.07) is 8.76. The number of likely N-dealkylation sites (N-methyl/N-ethyl adjacent to an activating group) is 1. The SMILES string of the molecule is CCNCC(c1cccc(Br)c1)C(CC)CC. The van der Waals surface area contributed by atoms with Crippen molar-refractivity contribution in [3.05, 3.63) is 34.3 Å². The first-order chi connectivity index (χ1) is 8.22. The fourth-order valence-corrected chi connectivity index (χ4v) is 2.87. The molecule has 1 N–H and O–H groups in total. The summed E-state index contributed by atoms with van der Waals surface area (Å²) in [5, 5.41) is 3.50. The first-order valence-electron chi connectivity index (χ1n) is 6.69. The number of benzene rings is 1. The quantitative estimate of drug-likeness (QED) is 0.777. The molecule has 0 saturated carbocycles. The maximum absolute atomic E-state index is 3.57. The number of halogens is 1. The predicted octanol–water partition coefficient (Wildman–Crippen LogP) is 4.58. The van der Waals surface area contributed by atoms with Crippen LogP contribution >= 0.6 is 15.9 Å². The maximum Gasteiger partial charge on any atom is 0.0178 e. The van der Waals surface area contributed by atoms with Crippen molar-refractivity contribution in [1.29, 1.82) is 0 Å². The van der Waals surface area contributed by atoms with E-state index in [1.54, 1.807) is 0 Å². The van der Waals surface area contributed by atoms with Crippen molar-refractivity contribution in [2.45, 2.75) is 39.5 Å². The van der Waals surface area contributed by atoms with Crippen LogP contribution in [0.4, 0.5) is 0 Å². The van der Waals surface area contributed by atoms with E-state index in [0.29, 0.717) is 5.92 Å². The van der Waals surface area contributed by atoms with Gasteiger partial charge in [-0.25, -0.2) is 0 Å². The van der Waals surface area contributed by atoms with Gasteiger partial charge in [-0.05, 0) is 36.1 Å². The summed E-state index contributed by atoms with van der Waals surface area (Å²) in [6.07, 6.45) is 2.50. The molecule has 0 spiro atoms. The Kier molecular flexibility index (Phi) is 6.83. The van der Waals surface area contributed by atoms with Gasteiger partial charge in [-0.1, -0.05) is 61.7 Å². The first-order valence-corrected chi connectivity index (χ1v) is 7.48. The molecule has 0 aromatic heterocycles. The topological polar surface area (TPSA) is 12.0 Å². The molecule has 1 unspecified atom stereocenters. The van der Waals surface area contributed by atoms with Crippen molar-refractivity contribution in [2.75, 3.05) is 13.1 Å². The highest BCUT2D eigenvalue weighted by Crippen LogP contribution is 2.30. The summed E-state index contributed by atoms with van der Waals surface area (Å²) < 4.78 is 1.18. The second kappa shape index (κ2) is 7.88. The van der Waals surface area contributed by atoms with Crippen LogP contribution in [0.1, 0.15) is 45.1 Å². The highest BCUT2D eigenvalue weighted by molar-refractivity contribution is 9.10. The molecule has 0 fully saturated rings. The van der Waals surface area contributed by atoms with Gasteiger partial charge in [0.25, 0.3) is 0 Å². The Hall–Kier alpha value is -0.340. The lowest BCUT2D eigenvalue weighted by Gasteiger charge is -2.26. The molecule has 0 aliphatic carbocycles. The highest BCUT2D eigenvalue weighted by Gasteiger charge is 2.19. The fourth-order valence-electron chi connectivity index (χ4n) is 2.45. The molecule has 0 saturated heterocycles. The minimum atomic E-state index is 0.627. The Morgan fingerprint density at radius 3 is 2.41 bits per heavy atom. The molecule has 1 atom stereocenters. The van der Waals surface area contributed by atoms with Gasteiger partial charge in [-0.15, -0.1) is 0 Å². The number of hydrogen-bond acceptors (Lipinski definition) is 1. The zero-order valence-corrected chi connectivity index (χ0v) is 12.8. The van der Waals surface area contributed by atoms with E-state index in [0.717, 1.165) is 19.0 Å². The minimum absolute atomic E-state index is 0.627. The smallest absolute Gasteiger partial charge is 0.0178 e. The fraction of sp³-hybridized carbons (Fsp3) is 0.600. The zero-order valence-electron chi connectivity index (χ0n) is 11.2. The third kappa shape index (κ3) is 4.44. The molecule has 0 aliphatic rings. The minimum Gasteiger partial charge on any atom is -0.316 e. The lowest BCUT2D eigenvalue weighted by Crippen LogP contribution is -2.26. The number of hydrogen-bond donors (Lipinski definition) is 1. The molecule has 0 amide bonds. The monoisotopic (exact) mass is 297 g/mol. The molecule has 17 heavy (non-hydrogen) atoms. The van der Waals surface area contributed by atoms with E-state index in [1.807, 2.05) is 0 Å². The van der Waals surface area contributed by atoms with Gasteiger partial charge in [0.2, 0.25) is 0 Å². The molecular formula is C15H24BrN. The van der Waals surface area contributed by atoms with Gasteiger partial charge in [0.15, 0.2) is 0 Å². The number of rotatable bonds is 7. The largest absolute Gasteiger partial charge is 0.316 e. The average molecular weight is 298 g/mol. The first kappa shape index (κ1) is 14.7. The Labute approximate surface area is 114 Å². The second-order valence-corrected chi connectivity index (χ2v) is 5.46. The summed E-state index contributed by atoms with van der Waals surface area (Å²) >= 11 is 3.57. The molecule has 1 nitrogen and oxygen atoms in total. The van der Waals surface area contributed by atoms with Crippen LogP contribution in [-0.4, -0.2) is 13.1 Å². The average Bonchev–Trinajstić information content (AvgIpc) is 2.34. The van der Waals surface area contributed by atoms with Gasteiger partial charge in [-0.2, -0.15) is 0 Å². The maximum atomic E-state index is 3.57. The molecule has 0 aliphatic heterocycles. The summed E-state index contributed by atoms with van der Waals surface area (Å²) in [6.45, 7) is 8.89. The third-order valence-electron chi connectivity index (χ3n) is 3.51. The Balaban J connectivity index is 2.88. The van der Waals surface area contributed by atoms with Crippen molar-refractivity contribution in [2.24, 2.45) is 5.92 Å². The van der Waals surface area contributed by atoms with Crippen molar-refractivity contribution in [1.82, 2.24) is 5.32 Å². The molecular weight excluding hydrogens is 274 g/mol. The van der Waals surface area contributed by atoms with Crippen molar-refractivity contribution >= 4 is 15.9 Å². The van der Waals surface area contributed by atoms with Gasteiger partial charge in [0.1, 0.15) is 0 Å². The van der Waals surface area contributed by atoms with Crippen LogP contribution in [0.2, 0.25) is 0 Å². The van der Waals surface area contributed by atoms with Crippen LogP contribution in [0.5, 0.6) is 0 Å². The van der Waals surface area contributed by atoms with E-state index >= 15 is 0 Å². The van der Waals surface area contributed by atoms with Crippen molar-refractivity contribution in [3.8, 4) is 0 Å². The molecule has 1 aromatic carbocycles. The van der Waals surface area contributed by atoms with Gasteiger partial charge in [0, 0.05) is 11.0 Å². The molecule has 1 aromatic rings. The van der Waals surface area contributed by atoms with Crippen LogP contribution in [0.25, 0.3) is 0 Å². The molecule has 0 radical (unpaired) electrons. The van der Waals surface area contributed by atoms with Crippen LogP contribution in [0.15, 0.2) is 28.7 Å². The second-order valence-electron chi connectivity index (χ2n) is 4.55. The summed E-state index contributed by atoms with van der Waals surface area (Å²) in [7, 11) is 0. The van der Waals surface area contributed by atoms with E-state index in [-0.39, 0.29) is 0 Å². The van der Waals surface area contributed by atoms with Crippen LogP contribution in [-0.2, 0) is 0 Å². The number of nitrogens with one attached hydrogen (secondary N) is 1. The molecule has 2 heteroatoms. The van der Waals surface area contributed by atoms with Gasteiger partial charge < -0.3 is 5.32 Å². The molecule has 1 rings (SSSR count). The van der Waals surface area contributed by atoms with E-state index in [2.05, 4.69) is 66.3 Å². The van der Waals surface area contributed by atoms with Crippen LogP contribution in [0, 0.1) is 5.92 Å². The standard InChI is InChI=1S/C15H24BrN/c1-4-12(5-2)15(11-17-6-3)13-8-7-9-14(16)10-13/h7-10,12,15,17H,4-6,11H2,1-3H3. The predicted molar refractivity (Wildman–Crippen MR) is 79.5 cm³/mol. The van der Waals surface area contributed by atoms with E-state index in [4.69, 9.17) is 0 Å². The van der Waals surface area contributed by atoms with Crippen molar-refractivity contribution < 1.29 is 0 Å². The molecule has 0 bridgehead atoms. The summed E-state index contributed by atoms with van der Waals surface area (Å²) in [5.41, 5.74) is 1.45. The molecule has 0 heterocycles. The van der Waals surface area contributed by atoms with Crippen LogP contribution in [0.3, 0.4) is 0 Å². The van der Waals surface area contributed by atoms with Crippen LogP contribution < -0.4 is 5.32 Å². The van der Waals surface area contributed by atoms with Gasteiger partial charge >= 0.3 is 0 Å². The summed E-state index contributed by atoms with van der Waals surface area (Å²) in [4.78, 5) is 0. The third-order valence-corrected chi connectivity index (χ3v) is 4.00. The van der Waals surface area contributed by atoms with Crippen molar-refractivity contribution in [3.63, 3.8) is 0 Å². The normalized spacial score (nSPS) is 13.0. The van der Waals surface area contributed by atoms with E-state index in [1.165, 1.54) is 22.9 Å². The highest BCUT2D eigenvalue weighted by atomic mass is 79.9. The lowest BCUT2D eigenvalue weighted by atomic mass is 9.82. The Morgan fingerprint density at radius 1 is 1.18 bits per heavy atom. The Morgan fingerprint density at radius 2 is 1.88 bits per heavy atom. The zero-order chi connectivity index (χ0) is 12.7. The summed E-state index contributed by atoms with van der Waals surface area (Å²) in [5.74, 6) is 1.39. The van der Waals surface area contributed by atoms with Gasteiger partial charge in [-0.3, -0.25) is 0 Å². The Bertz CT molecular complexity index is 320.